The largest absolute Gasteiger partial charge is 0.367 e. The molecule has 4 nitrogen and oxygen atoms in total. The van der Waals surface area contributed by atoms with Gasteiger partial charge in [0.05, 0.1) is 11.3 Å². The summed E-state index contributed by atoms with van der Waals surface area (Å²) >= 11 is 0. The van der Waals surface area contributed by atoms with E-state index in [0.717, 1.165) is 16.8 Å². The lowest BCUT2D eigenvalue weighted by Gasteiger charge is -2.02. The number of nitrogen functional groups attached to an aromatic ring is 1. The first-order valence-electron chi connectivity index (χ1n) is 5.99. The van der Waals surface area contributed by atoms with Crippen molar-refractivity contribution in [1.29, 1.82) is 0 Å². The first-order chi connectivity index (χ1) is 9.25. The Labute approximate surface area is 110 Å². The SMILES string of the molecule is Cc1ccc(-c2c(-c3ccccn3)noc2N)cc1. The molecule has 3 rings (SSSR count). The van der Waals surface area contributed by atoms with Crippen molar-refractivity contribution < 1.29 is 4.52 Å². The molecule has 0 aliphatic carbocycles. The second kappa shape index (κ2) is 4.57. The van der Waals surface area contributed by atoms with Crippen molar-refractivity contribution in [3.63, 3.8) is 0 Å². The van der Waals surface area contributed by atoms with Crippen LogP contribution in [0.1, 0.15) is 5.56 Å². The Morgan fingerprint density at radius 3 is 2.53 bits per heavy atom. The molecule has 0 aliphatic heterocycles. The van der Waals surface area contributed by atoms with Crippen molar-refractivity contribution in [2.45, 2.75) is 6.92 Å². The number of nitrogens with zero attached hydrogens (tertiary/aromatic N) is 2. The van der Waals surface area contributed by atoms with Crippen molar-refractivity contribution in [2.75, 3.05) is 5.73 Å². The third-order valence-electron chi connectivity index (χ3n) is 2.97. The molecule has 0 saturated carbocycles. The number of pyridine rings is 1. The standard InChI is InChI=1S/C15H13N3O/c1-10-5-7-11(8-6-10)13-14(18-19-15(13)16)12-4-2-3-9-17-12/h2-9H,16H2,1H3. The predicted molar refractivity (Wildman–Crippen MR) is 74.3 cm³/mol. The van der Waals surface area contributed by atoms with Gasteiger partial charge in [-0.25, -0.2) is 0 Å². The number of hydrogen-bond acceptors (Lipinski definition) is 4. The van der Waals surface area contributed by atoms with Crippen LogP contribution in [0.4, 0.5) is 5.88 Å². The maximum Gasteiger partial charge on any atom is 0.230 e. The maximum absolute atomic E-state index is 5.89. The van der Waals surface area contributed by atoms with Crippen LogP contribution in [-0.4, -0.2) is 10.1 Å². The second-order valence-electron chi connectivity index (χ2n) is 4.35. The van der Waals surface area contributed by atoms with Crippen molar-refractivity contribution >= 4 is 5.88 Å². The molecule has 0 fully saturated rings. The number of aryl methyl sites for hydroxylation is 1. The molecule has 2 heterocycles. The molecule has 0 bridgehead atoms. The molecule has 2 aromatic heterocycles. The fourth-order valence-corrected chi connectivity index (χ4v) is 1.98. The van der Waals surface area contributed by atoms with E-state index in [4.69, 9.17) is 10.3 Å². The number of anilines is 1. The number of hydrogen-bond donors (Lipinski definition) is 1. The molecule has 0 atom stereocenters. The third-order valence-corrected chi connectivity index (χ3v) is 2.97. The minimum atomic E-state index is 0.310. The Morgan fingerprint density at radius 1 is 1.05 bits per heavy atom. The van der Waals surface area contributed by atoms with Gasteiger partial charge >= 0.3 is 0 Å². The average molecular weight is 251 g/mol. The van der Waals surface area contributed by atoms with Gasteiger partial charge in [-0.05, 0) is 24.6 Å². The molecule has 0 aliphatic rings. The van der Waals surface area contributed by atoms with Crippen LogP contribution in [0.2, 0.25) is 0 Å². The zero-order chi connectivity index (χ0) is 13.2. The average Bonchev–Trinajstić information content (AvgIpc) is 2.83. The minimum absolute atomic E-state index is 0.310. The van der Waals surface area contributed by atoms with Gasteiger partial charge < -0.3 is 10.3 Å². The highest BCUT2D eigenvalue weighted by Crippen LogP contribution is 2.35. The van der Waals surface area contributed by atoms with Crippen molar-refractivity contribution in [1.82, 2.24) is 10.1 Å². The van der Waals surface area contributed by atoms with E-state index in [-0.39, 0.29) is 0 Å². The lowest BCUT2D eigenvalue weighted by molar-refractivity contribution is 0.439. The molecule has 0 unspecified atom stereocenters. The first-order valence-corrected chi connectivity index (χ1v) is 5.99. The summed E-state index contributed by atoms with van der Waals surface area (Å²) in [6.45, 7) is 2.04. The highest BCUT2D eigenvalue weighted by molar-refractivity contribution is 5.85. The van der Waals surface area contributed by atoms with Gasteiger partial charge in [-0.15, -0.1) is 0 Å². The fraction of sp³-hybridized carbons (Fsp3) is 0.0667. The van der Waals surface area contributed by atoms with Crippen LogP contribution in [0.5, 0.6) is 0 Å². The maximum atomic E-state index is 5.89. The summed E-state index contributed by atoms with van der Waals surface area (Å²) in [4.78, 5) is 4.29. The van der Waals surface area contributed by atoms with Crippen molar-refractivity contribution in [3.05, 3.63) is 54.2 Å². The molecular weight excluding hydrogens is 238 g/mol. The zero-order valence-corrected chi connectivity index (χ0v) is 10.5. The minimum Gasteiger partial charge on any atom is -0.367 e. The van der Waals surface area contributed by atoms with Gasteiger partial charge in [0.1, 0.15) is 5.69 Å². The summed E-state index contributed by atoms with van der Waals surface area (Å²) in [5, 5.41) is 4.02. The van der Waals surface area contributed by atoms with Crippen LogP contribution in [0, 0.1) is 6.92 Å². The first kappa shape index (κ1) is 11.5. The van der Waals surface area contributed by atoms with Gasteiger partial charge in [0.25, 0.3) is 0 Å². The summed E-state index contributed by atoms with van der Waals surface area (Å²) in [5.41, 5.74) is 10.3. The number of nitrogens with two attached hydrogens (primary N) is 1. The van der Waals surface area contributed by atoms with Gasteiger partial charge in [0.2, 0.25) is 5.88 Å². The van der Waals surface area contributed by atoms with E-state index in [0.29, 0.717) is 11.6 Å². The topological polar surface area (TPSA) is 64.9 Å². The van der Waals surface area contributed by atoms with Crippen LogP contribution < -0.4 is 5.73 Å². The second-order valence-corrected chi connectivity index (χ2v) is 4.35. The number of aromatic nitrogens is 2. The normalized spacial score (nSPS) is 10.6. The van der Waals surface area contributed by atoms with E-state index < -0.39 is 0 Å². The van der Waals surface area contributed by atoms with E-state index >= 15 is 0 Å². The molecule has 0 saturated heterocycles. The molecule has 2 N–H and O–H groups in total. The number of benzene rings is 1. The summed E-state index contributed by atoms with van der Waals surface area (Å²) in [7, 11) is 0. The van der Waals surface area contributed by atoms with E-state index in [1.165, 1.54) is 5.56 Å². The molecule has 4 heteroatoms. The van der Waals surface area contributed by atoms with E-state index in [9.17, 15) is 0 Å². The Morgan fingerprint density at radius 2 is 1.84 bits per heavy atom. The summed E-state index contributed by atoms with van der Waals surface area (Å²) < 4.78 is 5.12. The summed E-state index contributed by atoms with van der Waals surface area (Å²) in [6.07, 6.45) is 1.72. The lowest BCUT2D eigenvalue weighted by atomic mass is 10.0. The van der Waals surface area contributed by atoms with E-state index in [1.54, 1.807) is 6.20 Å². The van der Waals surface area contributed by atoms with Gasteiger partial charge in [0, 0.05) is 6.20 Å². The molecule has 0 radical (unpaired) electrons. The molecule has 94 valence electrons. The van der Waals surface area contributed by atoms with Crippen LogP contribution in [0.25, 0.3) is 22.5 Å². The monoisotopic (exact) mass is 251 g/mol. The van der Waals surface area contributed by atoms with Gasteiger partial charge in [-0.1, -0.05) is 41.1 Å². The summed E-state index contributed by atoms with van der Waals surface area (Å²) in [6, 6.07) is 13.7. The molecule has 19 heavy (non-hydrogen) atoms. The molecule has 0 amide bonds. The predicted octanol–water partition coefficient (Wildman–Crippen LogP) is 3.29. The molecule has 0 spiro atoms. The summed E-state index contributed by atoms with van der Waals surface area (Å²) in [5.74, 6) is 0.310. The van der Waals surface area contributed by atoms with Crippen molar-refractivity contribution in [3.8, 4) is 22.5 Å². The molecular formula is C15H13N3O. The van der Waals surface area contributed by atoms with Gasteiger partial charge in [0.15, 0.2) is 0 Å². The molecule has 3 aromatic rings. The van der Waals surface area contributed by atoms with Crippen LogP contribution in [0.3, 0.4) is 0 Å². The third kappa shape index (κ3) is 2.08. The smallest absolute Gasteiger partial charge is 0.230 e. The lowest BCUT2D eigenvalue weighted by Crippen LogP contribution is -1.89. The van der Waals surface area contributed by atoms with Crippen LogP contribution >= 0.6 is 0 Å². The fourth-order valence-electron chi connectivity index (χ4n) is 1.98. The van der Waals surface area contributed by atoms with E-state index in [2.05, 4.69) is 10.1 Å². The Hall–Kier alpha value is -2.62. The Bertz CT molecular complexity index is 687. The number of rotatable bonds is 2. The Kier molecular flexibility index (Phi) is 2.76. The zero-order valence-electron chi connectivity index (χ0n) is 10.5. The quantitative estimate of drug-likeness (QED) is 0.759. The highest BCUT2D eigenvalue weighted by atomic mass is 16.5. The van der Waals surface area contributed by atoms with Crippen LogP contribution in [-0.2, 0) is 0 Å². The highest BCUT2D eigenvalue weighted by Gasteiger charge is 2.17. The van der Waals surface area contributed by atoms with Crippen molar-refractivity contribution in [2.24, 2.45) is 0 Å². The Balaban J connectivity index is 2.17. The van der Waals surface area contributed by atoms with Crippen LogP contribution in [0.15, 0.2) is 53.2 Å². The van der Waals surface area contributed by atoms with Gasteiger partial charge in [-0.3, -0.25) is 4.98 Å². The van der Waals surface area contributed by atoms with Gasteiger partial charge in [-0.2, -0.15) is 0 Å². The van der Waals surface area contributed by atoms with E-state index in [1.807, 2.05) is 49.4 Å². The molecule has 1 aromatic carbocycles.